The number of hydrogen-bond acceptors (Lipinski definition) is 0. The van der Waals surface area contributed by atoms with Crippen molar-refractivity contribution in [1.82, 2.24) is 4.57 Å². The Kier molecular flexibility index (Phi) is 1.71. The fourth-order valence-corrected chi connectivity index (χ4v) is 5.05. The number of para-hydroxylation sites is 1. The van der Waals surface area contributed by atoms with E-state index in [2.05, 4.69) is 48.0 Å². The van der Waals surface area contributed by atoms with Crippen LogP contribution in [-0.4, -0.2) is 4.57 Å². The van der Waals surface area contributed by atoms with E-state index < -0.39 is 0 Å². The molecule has 0 N–H and O–H groups in total. The van der Waals surface area contributed by atoms with Gasteiger partial charge in [-0.2, -0.15) is 0 Å². The molecule has 0 saturated heterocycles. The summed E-state index contributed by atoms with van der Waals surface area (Å²) in [5.41, 5.74) is 5.24. The van der Waals surface area contributed by atoms with Crippen molar-refractivity contribution in [3.8, 4) is 0 Å². The van der Waals surface area contributed by atoms with Crippen molar-refractivity contribution in [3.05, 3.63) is 47.7 Å². The molecule has 96 valence electrons. The summed E-state index contributed by atoms with van der Waals surface area (Å²) < 4.78 is 2.47. The molecule has 1 heteroatoms. The first-order valence-corrected chi connectivity index (χ1v) is 7.57. The van der Waals surface area contributed by atoms with Gasteiger partial charge in [-0.05, 0) is 36.8 Å². The van der Waals surface area contributed by atoms with Gasteiger partial charge in [-0.3, -0.25) is 0 Å². The molecule has 3 aliphatic rings. The number of allylic oxidation sites excluding steroid dienone is 2. The first kappa shape index (κ1) is 10.3. The molecule has 0 aliphatic heterocycles. The van der Waals surface area contributed by atoms with Gasteiger partial charge in [-0.15, -0.1) is 0 Å². The Bertz CT molecular complexity index is 715. The summed E-state index contributed by atoms with van der Waals surface area (Å²) in [5.74, 6) is 1.48. The van der Waals surface area contributed by atoms with Gasteiger partial charge in [0.15, 0.2) is 0 Å². The monoisotopic (exact) mass is 249 g/mol. The van der Waals surface area contributed by atoms with Crippen molar-refractivity contribution in [2.75, 3.05) is 0 Å². The van der Waals surface area contributed by atoms with E-state index in [9.17, 15) is 0 Å². The Hall–Kier alpha value is -1.50. The highest BCUT2D eigenvalue weighted by atomic mass is 15.0. The predicted molar refractivity (Wildman–Crippen MR) is 78.4 cm³/mol. The summed E-state index contributed by atoms with van der Waals surface area (Å²) in [6.45, 7) is 0. The maximum absolute atomic E-state index is 2.53. The molecule has 1 saturated carbocycles. The van der Waals surface area contributed by atoms with Crippen molar-refractivity contribution >= 4 is 10.9 Å². The fourth-order valence-electron chi connectivity index (χ4n) is 5.05. The molecule has 19 heavy (non-hydrogen) atoms. The second-order valence-corrected chi connectivity index (χ2v) is 6.68. The van der Waals surface area contributed by atoms with E-state index >= 15 is 0 Å². The Labute approximate surface area is 113 Å². The average molecular weight is 249 g/mol. The van der Waals surface area contributed by atoms with Crippen LogP contribution < -0.4 is 0 Å². The summed E-state index contributed by atoms with van der Waals surface area (Å²) in [5, 5.41) is 1.53. The van der Waals surface area contributed by atoms with E-state index in [0.717, 1.165) is 5.92 Å². The van der Waals surface area contributed by atoms with Crippen LogP contribution in [0.25, 0.3) is 10.9 Å². The minimum atomic E-state index is 0.486. The zero-order chi connectivity index (χ0) is 12.6. The smallest absolute Gasteiger partial charge is 0.0483 e. The zero-order valence-corrected chi connectivity index (χ0v) is 11.4. The standard InChI is InChI=1S/C18H19N/c1-19-15-6-3-2-5-14(15)16-17(19)12-7-8-13(11-12)18(16)9-4-10-18/h2-3,5-8,12-13H,4,9-11H2,1H3/t12-,13-/m1/s1. The molecule has 5 rings (SSSR count). The topological polar surface area (TPSA) is 4.93 Å². The SMILES string of the molecule is Cn1c2c(c3ccccc31)C1(CCC1)[C@@H]1C=C[C@@H]2C1. The molecule has 1 heterocycles. The molecule has 0 radical (unpaired) electrons. The molecule has 2 bridgehead atoms. The molecule has 1 spiro atoms. The van der Waals surface area contributed by atoms with Gasteiger partial charge in [0.25, 0.3) is 0 Å². The average Bonchev–Trinajstić information content (AvgIpc) is 2.92. The van der Waals surface area contributed by atoms with Gasteiger partial charge in [0.05, 0.1) is 0 Å². The van der Waals surface area contributed by atoms with E-state index in [1.165, 1.54) is 36.6 Å². The van der Waals surface area contributed by atoms with Crippen LogP contribution in [0.3, 0.4) is 0 Å². The maximum Gasteiger partial charge on any atom is 0.0483 e. The van der Waals surface area contributed by atoms with Crippen LogP contribution in [0.5, 0.6) is 0 Å². The molecule has 0 unspecified atom stereocenters. The van der Waals surface area contributed by atoms with Crippen molar-refractivity contribution in [1.29, 1.82) is 0 Å². The molecule has 1 nitrogen and oxygen atoms in total. The van der Waals surface area contributed by atoms with Gasteiger partial charge >= 0.3 is 0 Å². The largest absolute Gasteiger partial charge is 0.347 e. The summed E-state index contributed by atoms with van der Waals surface area (Å²) >= 11 is 0. The number of benzene rings is 1. The molecule has 1 aromatic heterocycles. The normalized spacial score (nSPS) is 29.7. The van der Waals surface area contributed by atoms with E-state index in [1.54, 1.807) is 11.3 Å². The third kappa shape index (κ3) is 1.01. The summed E-state index contributed by atoms with van der Waals surface area (Å²) in [7, 11) is 2.26. The van der Waals surface area contributed by atoms with Gasteiger partial charge in [0.2, 0.25) is 0 Å². The highest BCUT2D eigenvalue weighted by Gasteiger charge is 2.53. The van der Waals surface area contributed by atoms with E-state index in [0.29, 0.717) is 11.3 Å². The lowest BCUT2D eigenvalue weighted by molar-refractivity contribution is 0.160. The highest BCUT2D eigenvalue weighted by Crippen LogP contribution is 2.62. The molecule has 1 fully saturated rings. The third-order valence-corrected chi connectivity index (χ3v) is 6.04. The molecule has 0 amide bonds. The number of nitrogens with zero attached hydrogens (tertiary/aromatic N) is 1. The molecule has 2 atom stereocenters. The zero-order valence-electron chi connectivity index (χ0n) is 11.4. The summed E-state index contributed by atoms with van der Waals surface area (Å²) in [6.07, 6.45) is 10.6. The van der Waals surface area contributed by atoms with Crippen LogP contribution >= 0.6 is 0 Å². The van der Waals surface area contributed by atoms with Crippen LogP contribution in [0.4, 0.5) is 0 Å². The number of aromatic nitrogens is 1. The van der Waals surface area contributed by atoms with Gasteiger partial charge in [-0.25, -0.2) is 0 Å². The Balaban J connectivity index is 1.95. The number of aryl methyl sites for hydroxylation is 1. The Morgan fingerprint density at radius 2 is 2.00 bits per heavy atom. The molecular formula is C18H19N. The molecule has 3 aliphatic carbocycles. The minimum Gasteiger partial charge on any atom is -0.347 e. The molecule has 2 aromatic rings. The third-order valence-electron chi connectivity index (χ3n) is 6.04. The van der Waals surface area contributed by atoms with Crippen molar-refractivity contribution < 1.29 is 0 Å². The molecular weight excluding hydrogens is 230 g/mol. The second kappa shape index (κ2) is 3.15. The lowest BCUT2D eigenvalue weighted by Gasteiger charge is -2.50. The van der Waals surface area contributed by atoms with E-state index in [-0.39, 0.29) is 0 Å². The highest BCUT2D eigenvalue weighted by molar-refractivity contribution is 5.88. The summed E-state index contributed by atoms with van der Waals surface area (Å²) in [6, 6.07) is 9.02. The quantitative estimate of drug-likeness (QED) is 0.614. The van der Waals surface area contributed by atoms with Crippen molar-refractivity contribution in [2.24, 2.45) is 13.0 Å². The van der Waals surface area contributed by atoms with Gasteiger partial charge < -0.3 is 4.57 Å². The van der Waals surface area contributed by atoms with Crippen molar-refractivity contribution in [2.45, 2.75) is 37.0 Å². The minimum absolute atomic E-state index is 0.486. The Morgan fingerprint density at radius 3 is 2.79 bits per heavy atom. The van der Waals surface area contributed by atoms with E-state index in [1.807, 2.05) is 0 Å². The van der Waals surface area contributed by atoms with Crippen LogP contribution in [0.1, 0.15) is 42.9 Å². The first-order valence-electron chi connectivity index (χ1n) is 7.57. The maximum atomic E-state index is 2.53. The van der Waals surface area contributed by atoms with Crippen molar-refractivity contribution in [3.63, 3.8) is 0 Å². The van der Waals surface area contributed by atoms with E-state index in [4.69, 9.17) is 0 Å². The number of rotatable bonds is 0. The number of fused-ring (bicyclic) bond motifs is 8. The lowest BCUT2D eigenvalue weighted by Crippen LogP contribution is -2.43. The first-order chi connectivity index (χ1) is 9.31. The van der Waals surface area contributed by atoms with Crippen LogP contribution in [0, 0.1) is 5.92 Å². The van der Waals surface area contributed by atoms with Crippen LogP contribution in [0.2, 0.25) is 0 Å². The fraction of sp³-hybridized carbons (Fsp3) is 0.444. The van der Waals surface area contributed by atoms with Gasteiger partial charge in [0, 0.05) is 35.0 Å². The van der Waals surface area contributed by atoms with Gasteiger partial charge in [-0.1, -0.05) is 36.8 Å². The predicted octanol–water partition coefficient (Wildman–Crippen LogP) is 4.27. The molecule has 1 aromatic carbocycles. The lowest BCUT2D eigenvalue weighted by atomic mass is 9.54. The van der Waals surface area contributed by atoms with Crippen LogP contribution in [0.15, 0.2) is 36.4 Å². The van der Waals surface area contributed by atoms with Crippen LogP contribution in [-0.2, 0) is 12.5 Å². The number of hydrogen-bond donors (Lipinski definition) is 0. The summed E-state index contributed by atoms with van der Waals surface area (Å²) in [4.78, 5) is 0. The Morgan fingerprint density at radius 1 is 1.16 bits per heavy atom. The second-order valence-electron chi connectivity index (χ2n) is 6.68. The van der Waals surface area contributed by atoms with Gasteiger partial charge in [0.1, 0.15) is 0 Å².